The van der Waals surface area contributed by atoms with Gasteiger partial charge in [0.15, 0.2) is 11.3 Å². The normalized spacial score (nSPS) is 16.9. The molecule has 0 bridgehead atoms. The van der Waals surface area contributed by atoms with Crippen molar-refractivity contribution in [3.05, 3.63) is 111 Å². The minimum absolute atomic E-state index is 0.00634. The van der Waals surface area contributed by atoms with Gasteiger partial charge >= 0.3 is 0 Å². The molecule has 0 radical (unpaired) electrons. The van der Waals surface area contributed by atoms with Crippen LogP contribution in [0.3, 0.4) is 0 Å². The minimum Gasteiger partial charge on any atom is -0.298 e. The summed E-state index contributed by atoms with van der Waals surface area (Å²) < 4.78 is 0. The van der Waals surface area contributed by atoms with Gasteiger partial charge < -0.3 is 0 Å². The number of thioether (sulfide) groups is 1. The van der Waals surface area contributed by atoms with Gasteiger partial charge in [-0.15, -0.1) is 5.10 Å². The number of carbonyl (C=O) groups is 1. The van der Waals surface area contributed by atoms with E-state index in [1.807, 2.05) is 54.6 Å². The van der Waals surface area contributed by atoms with E-state index in [1.54, 1.807) is 17.1 Å². The molecule has 2 aliphatic heterocycles. The number of hydrogen-bond donors (Lipinski definition) is 1. The fraction of sp³-hybridized carbons (Fsp3) is 0.0870. The summed E-state index contributed by atoms with van der Waals surface area (Å²) >= 11 is 1.43. The summed E-state index contributed by atoms with van der Waals surface area (Å²) in [7, 11) is 0. The van der Waals surface area contributed by atoms with Gasteiger partial charge in [-0.25, -0.2) is 5.01 Å². The molecule has 0 saturated heterocycles. The van der Waals surface area contributed by atoms with Gasteiger partial charge in [0, 0.05) is 23.1 Å². The highest BCUT2D eigenvalue weighted by molar-refractivity contribution is 8.13. The SMILES string of the molecule is O=C1NC(SCc2ccccc2)=NN2C1=c1ccccc1=N[C@@H]2c1ccc([N+](=O)[O-])cc1. The molecule has 0 aromatic heterocycles. The van der Waals surface area contributed by atoms with Crippen LogP contribution in [0, 0.1) is 10.1 Å². The molecule has 2 aliphatic rings. The second-order valence-electron chi connectivity index (χ2n) is 7.20. The molecule has 0 saturated carbocycles. The number of amidine groups is 1. The smallest absolute Gasteiger partial charge is 0.276 e. The molecule has 32 heavy (non-hydrogen) atoms. The lowest BCUT2D eigenvalue weighted by molar-refractivity contribution is -0.384. The highest BCUT2D eigenvalue weighted by atomic mass is 32.2. The summed E-state index contributed by atoms with van der Waals surface area (Å²) in [5.74, 6) is 0.392. The second kappa shape index (κ2) is 8.27. The fourth-order valence-electron chi connectivity index (χ4n) is 3.60. The third-order valence-electron chi connectivity index (χ3n) is 5.14. The monoisotopic (exact) mass is 443 g/mol. The first-order valence-electron chi connectivity index (χ1n) is 9.87. The third-order valence-corrected chi connectivity index (χ3v) is 6.07. The second-order valence-corrected chi connectivity index (χ2v) is 8.16. The lowest BCUT2D eigenvalue weighted by Gasteiger charge is -2.34. The van der Waals surface area contributed by atoms with Crippen LogP contribution in [0.1, 0.15) is 17.3 Å². The van der Waals surface area contributed by atoms with E-state index in [-0.39, 0.29) is 11.6 Å². The zero-order valence-corrected chi connectivity index (χ0v) is 17.5. The van der Waals surface area contributed by atoms with Crippen molar-refractivity contribution in [2.45, 2.75) is 11.9 Å². The van der Waals surface area contributed by atoms with Crippen molar-refractivity contribution >= 4 is 34.2 Å². The van der Waals surface area contributed by atoms with E-state index in [2.05, 4.69) is 5.32 Å². The van der Waals surface area contributed by atoms with Crippen molar-refractivity contribution in [2.24, 2.45) is 10.1 Å². The molecular formula is C23H17N5O3S. The number of carbonyl (C=O) groups excluding carboxylic acids is 1. The molecule has 8 nitrogen and oxygen atoms in total. The number of rotatable bonds is 4. The maximum absolute atomic E-state index is 13.1. The molecule has 1 amide bonds. The van der Waals surface area contributed by atoms with Crippen molar-refractivity contribution in [1.29, 1.82) is 0 Å². The van der Waals surface area contributed by atoms with Crippen molar-refractivity contribution in [3.63, 3.8) is 0 Å². The van der Waals surface area contributed by atoms with Gasteiger partial charge in [0.1, 0.15) is 5.70 Å². The first-order valence-corrected chi connectivity index (χ1v) is 10.9. The largest absolute Gasteiger partial charge is 0.298 e. The van der Waals surface area contributed by atoms with Crippen LogP contribution >= 0.6 is 11.8 Å². The van der Waals surface area contributed by atoms with E-state index >= 15 is 0 Å². The Balaban J connectivity index is 1.56. The highest BCUT2D eigenvalue weighted by Gasteiger charge is 2.34. The third kappa shape index (κ3) is 3.74. The summed E-state index contributed by atoms with van der Waals surface area (Å²) in [5.41, 5.74) is 2.22. The predicted octanol–water partition coefficient (Wildman–Crippen LogP) is 2.67. The topological polar surface area (TPSA) is 100 Å². The average Bonchev–Trinajstić information content (AvgIpc) is 2.82. The Kier molecular flexibility index (Phi) is 5.16. The molecule has 0 fully saturated rings. The maximum Gasteiger partial charge on any atom is 0.276 e. The van der Waals surface area contributed by atoms with E-state index in [9.17, 15) is 14.9 Å². The van der Waals surface area contributed by atoms with E-state index in [0.717, 1.165) is 5.56 Å². The molecule has 5 rings (SSSR count). The predicted molar refractivity (Wildman–Crippen MR) is 122 cm³/mol. The zero-order valence-electron chi connectivity index (χ0n) is 16.7. The van der Waals surface area contributed by atoms with Crippen molar-refractivity contribution < 1.29 is 9.72 Å². The van der Waals surface area contributed by atoms with Gasteiger partial charge in [-0.05, 0) is 29.3 Å². The molecule has 2 heterocycles. The Labute approximate surface area is 187 Å². The van der Waals surface area contributed by atoms with Crippen LogP contribution in [0.25, 0.3) is 5.70 Å². The van der Waals surface area contributed by atoms with Crippen molar-refractivity contribution in [3.8, 4) is 0 Å². The van der Waals surface area contributed by atoms with Crippen LogP contribution in [-0.4, -0.2) is 21.0 Å². The van der Waals surface area contributed by atoms with Crippen molar-refractivity contribution in [1.82, 2.24) is 10.3 Å². The summed E-state index contributed by atoms with van der Waals surface area (Å²) in [4.78, 5) is 28.5. The molecule has 1 N–H and O–H groups in total. The van der Waals surface area contributed by atoms with Gasteiger partial charge in [0.05, 0.1) is 10.3 Å². The number of nitrogens with one attached hydrogen (secondary N) is 1. The van der Waals surface area contributed by atoms with Crippen molar-refractivity contribution in [2.75, 3.05) is 0 Å². The lowest BCUT2D eigenvalue weighted by Crippen LogP contribution is -2.50. The molecule has 1 atom stereocenters. The Morgan fingerprint density at radius 1 is 1.00 bits per heavy atom. The van der Waals surface area contributed by atoms with Gasteiger partial charge in [-0.3, -0.25) is 25.2 Å². The molecule has 0 aliphatic carbocycles. The number of para-hydroxylation sites is 1. The Bertz CT molecular complexity index is 1360. The first kappa shape index (κ1) is 20.0. The van der Waals surface area contributed by atoms with E-state index in [1.165, 1.54) is 23.9 Å². The molecule has 3 aromatic rings. The Morgan fingerprint density at radius 2 is 1.72 bits per heavy atom. The molecule has 9 heteroatoms. The summed E-state index contributed by atoms with van der Waals surface area (Å²) in [5, 5.41) is 22.1. The van der Waals surface area contributed by atoms with E-state index < -0.39 is 11.1 Å². The van der Waals surface area contributed by atoms with E-state index in [4.69, 9.17) is 10.1 Å². The van der Waals surface area contributed by atoms with Gasteiger partial charge in [0.25, 0.3) is 11.6 Å². The minimum atomic E-state index is -0.612. The zero-order chi connectivity index (χ0) is 22.1. The number of nitro benzene ring substituents is 1. The summed E-state index contributed by atoms with van der Waals surface area (Å²) in [6.07, 6.45) is -0.612. The fourth-order valence-corrected chi connectivity index (χ4v) is 4.41. The number of hydrazone groups is 1. The number of nitro groups is 1. The Morgan fingerprint density at radius 3 is 2.47 bits per heavy atom. The van der Waals surface area contributed by atoms with Crippen LogP contribution in [0.4, 0.5) is 5.69 Å². The number of non-ortho nitro benzene ring substituents is 1. The Hall–Kier alpha value is -3.98. The summed E-state index contributed by atoms with van der Waals surface area (Å²) in [6, 6.07) is 23.5. The molecular weight excluding hydrogens is 426 g/mol. The van der Waals surface area contributed by atoms with E-state index in [0.29, 0.717) is 32.8 Å². The standard InChI is InChI=1S/C23H17N5O3S/c29-22-20-18-8-4-5-9-19(18)24-21(16-10-12-17(13-11-16)28(30)31)27(20)26-23(25-22)32-14-15-6-2-1-3-7-15/h1-13,21H,14H2,(H,25,26,29)/t21-/m0/s1. The number of benzene rings is 3. The van der Waals surface area contributed by atoms with Gasteiger partial charge in [-0.1, -0.05) is 60.3 Å². The molecule has 158 valence electrons. The number of fused-ring (bicyclic) bond motifs is 2. The molecule has 0 spiro atoms. The van der Waals surface area contributed by atoms with Crippen LogP contribution in [0.15, 0.2) is 89.0 Å². The number of hydrogen-bond acceptors (Lipinski definition) is 7. The molecule has 0 unspecified atom stereocenters. The van der Waals surface area contributed by atoms with Crippen LogP contribution < -0.4 is 15.9 Å². The van der Waals surface area contributed by atoms with Crippen LogP contribution in [-0.2, 0) is 10.5 Å². The van der Waals surface area contributed by atoms with Crippen LogP contribution in [0.2, 0.25) is 0 Å². The van der Waals surface area contributed by atoms with Gasteiger partial charge in [-0.2, -0.15) is 0 Å². The number of amides is 1. The molecule has 3 aromatic carbocycles. The first-order chi connectivity index (χ1) is 15.6. The summed E-state index contributed by atoms with van der Waals surface area (Å²) in [6.45, 7) is 0. The number of nitrogens with zero attached hydrogens (tertiary/aromatic N) is 4. The van der Waals surface area contributed by atoms with Gasteiger partial charge in [0.2, 0.25) is 0 Å². The maximum atomic E-state index is 13.1. The quantitative estimate of drug-likeness (QED) is 0.494. The highest BCUT2D eigenvalue weighted by Crippen LogP contribution is 2.31. The average molecular weight is 443 g/mol. The lowest BCUT2D eigenvalue weighted by atomic mass is 10.1. The van der Waals surface area contributed by atoms with Crippen LogP contribution in [0.5, 0.6) is 0 Å².